The summed E-state index contributed by atoms with van der Waals surface area (Å²) >= 11 is 1.20. The van der Waals surface area contributed by atoms with Gasteiger partial charge in [0.05, 0.1) is 28.3 Å². The van der Waals surface area contributed by atoms with Gasteiger partial charge in [0.15, 0.2) is 5.16 Å². The van der Waals surface area contributed by atoms with E-state index in [4.69, 9.17) is 5.73 Å². The smallest absolute Gasteiger partial charge is 0.369 e. The van der Waals surface area contributed by atoms with Gasteiger partial charge in [-0.1, -0.05) is 18.7 Å². The second-order valence-corrected chi connectivity index (χ2v) is 8.06. The van der Waals surface area contributed by atoms with Crippen LogP contribution in [-0.4, -0.2) is 45.1 Å². The van der Waals surface area contributed by atoms with Gasteiger partial charge in [-0.3, -0.25) is 9.59 Å². The highest BCUT2D eigenvalue weighted by Crippen LogP contribution is 2.33. The summed E-state index contributed by atoms with van der Waals surface area (Å²) in [4.78, 5) is 30.0. The van der Waals surface area contributed by atoms with Crippen molar-refractivity contribution in [3.05, 3.63) is 23.8 Å². The first-order valence-corrected chi connectivity index (χ1v) is 10.5. The number of likely N-dealkylation sites (tertiary alicyclic amines) is 1. The Morgan fingerprint density at radius 3 is 2.76 bits per heavy atom. The number of halogens is 3. The molecule has 1 aromatic heterocycles. The van der Waals surface area contributed by atoms with Gasteiger partial charge in [0, 0.05) is 19.6 Å². The van der Waals surface area contributed by atoms with Gasteiger partial charge < -0.3 is 15.2 Å². The van der Waals surface area contributed by atoms with Crippen LogP contribution in [0.2, 0.25) is 0 Å². The SMILES string of the molecule is CCCn1c(SCC(=O)N2CCC[C@@H](C(N)=O)C2)nc2ccc(C(F)(F)F)cc21. The van der Waals surface area contributed by atoms with Gasteiger partial charge in [-0.25, -0.2) is 4.98 Å². The minimum Gasteiger partial charge on any atom is -0.369 e. The van der Waals surface area contributed by atoms with Gasteiger partial charge in [-0.2, -0.15) is 13.2 Å². The Morgan fingerprint density at radius 2 is 2.10 bits per heavy atom. The summed E-state index contributed by atoms with van der Waals surface area (Å²) in [6.07, 6.45) is -2.31. The molecule has 1 saturated heterocycles. The maximum Gasteiger partial charge on any atom is 0.416 e. The first kappa shape index (κ1) is 21.5. The van der Waals surface area contributed by atoms with Gasteiger partial charge in [-0.05, 0) is 37.5 Å². The van der Waals surface area contributed by atoms with Crippen molar-refractivity contribution < 1.29 is 22.8 Å². The second-order valence-electron chi connectivity index (χ2n) is 7.12. The molecule has 2 amide bonds. The molecule has 1 aromatic carbocycles. The number of carbonyl (C=O) groups excluding carboxylic acids is 2. The van der Waals surface area contributed by atoms with Crippen LogP contribution < -0.4 is 5.73 Å². The molecule has 29 heavy (non-hydrogen) atoms. The quantitative estimate of drug-likeness (QED) is 0.716. The number of hydrogen-bond acceptors (Lipinski definition) is 4. The Morgan fingerprint density at radius 1 is 1.34 bits per heavy atom. The third-order valence-corrected chi connectivity index (χ3v) is 5.95. The number of piperidine rings is 1. The van der Waals surface area contributed by atoms with E-state index in [1.165, 1.54) is 17.8 Å². The number of hydrogen-bond donors (Lipinski definition) is 1. The fraction of sp³-hybridized carbons (Fsp3) is 0.526. The van der Waals surface area contributed by atoms with Crippen LogP contribution >= 0.6 is 11.8 Å². The Hall–Kier alpha value is -2.23. The highest BCUT2D eigenvalue weighted by molar-refractivity contribution is 7.99. The Labute approximate surface area is 170 Å². The van der Waals surface area contributed by atoms with Crippen LogP contribution in [0.25, 0.3) is 11.0 Å². The van der Waals surface area contributed by atoms with Crippen LogP contribution in [0.4, 0.5) is 13.2 Å². The minimum atomic E-state index is -4.43. The van der Waals surface area contributed by atoms with E-state index in [1.54, 1.807) is 9.47 Å². The summed E-state index contributed by atoms with van der Waals surface area (Å²) in [6.45, 7) is 3.32. The number of primary amides is 1. The maximum atomic E-state index is 13.1. The number of carbonyl (C=O) groups is 2. The average Bonchev–Trinajstić information content (AvgIpc) is 3.02. The van der Waals surface area contributed by atoms with E-state index in [0.717, 1.165) is 25.0 Å². The highest BCUT2D eigenvalue weighted by Gasteiger charge is 2.31. The lowest BCUT2D eigenvalue weighted by atomic mass is 9.97. The van der Waals surface area contributed by atoms with E-state index in [1.807, 2.05) is 6.92 Å². The molecule has 1 atom stereocenters. The summed E-state index contributed by atoms with van der Waals surface area (Å²) in [6, 6.07) is 3.48. The number of fused-ring (bicyclic) bond motifs is 1. The van der Waals surface area contributed by atoms with Crippen molar-refractivity contribution >= 4 is 34.6 Å². The summed E-state index contributed by atoms with van der Waals surface area (Å²) in [5.74, 6) is -0.763. The highest BCUT2D eigenvalue weighted by atomic mass is 32.2. The van der Waals surface area contributed by atoms with Crippen molar-refractivity contribution in [2.75, 3.05) is 18.8 Å². The molecule has 158 valence electrons. The van der Waals surface area contributed by atoms with Gasteiger partial charge in [-0.15, -0.1) is 0 Å². The molecule has 1 aliphatic heterocycles. The van der Waals surface area contributed by atoms with Crippen LogP contribution in [0.1, 0.15) is 31.7 Å². The predicted molar refractivity (Wildman–Crippen MR) is 104 cm³/mol. The van der Waals surface area contributed by atoms with Gasteiger partial charge in [0.25, 0.3) is 0 Å². The zero-order valence-electron chi connectivity index (χ0n) is 16.0. The fourth-order valence-corrected chi connectivity index (χ4v) is 4.42. The summed E-state index contributed by atoms with van der Waals surface area (Å²) in [5, 5.41) is 0.512. The molecular weight excluding hydrogens is 405 g/mol. The van der Waals surface area contributed by atoms with Crippen molar-refractivity contribution in [3.63, 3.8) is 0 Å². The molecule has 0 unspecified atom stereocenters. The van der Waals surface area contributed by atoms with Crippen molar-refractivity contribution in [1.82, 2.24) is 14.5 Å². The van der Waals surface area contributed by atoms with Crippen LogP contribution in [0.5, 0.6) is 0 Å². The number of alkyl halides is 3. The first-order valence-electron chi connectivity index (χ1n) is 9.48. The van der Waals surface area contributed by atoms with Crippen molar-refractivity contribution in [1.29, 1.82) is 0 Å². The zero-order chi connectivity index (χ0) is 21.2. The largest absolute Gasteiger partial charge is 0.416 e. The normalized spacial score (nSPS) is 17.7. The van der Waals surface area contributed by atoms with Crippen LogP contribution in [0.3, 0.4) is 0 Å². The molecule has 2 heterocycles. The molecule has 0 aliphatic carbocycles. The first-order chi connectivity index (χ1) is 13.7. The Balaban J connectivity index is 1.78. The molecule has 0 bridgehead atoms. The number of rotatable bonds is 6. The molecule has 0 spiro atoms. The average molecular weight is 428 g/mol. The van der Waals surface area contributed by atoms with E-state index in [9.17, 15) is 22.8 Å². The molecule has 2 N–H and O–H groups in total. The Bertz CT molecular complexity index is 913. The minimum absolute atomic E-state index is 0.102. The molecule has 3 rings (SSSR count). The number of nitrogens with two attached hydrogens (primary N) is 1. The van der Waals surface area contributed by atoms with Crippen molar-refractivity contribution in [3.8, 4) is 0 Å². The lowest BCUT2D eigenvalue weighted by molar-refractivity contribution is -0.137. The zero-order valence-corrected chi connectivity index (χ0v) is 16.9. The van der Waals surface area contributed by atoms with E-state index in [0.29, 0.717) is 42.2 Å². The molecule has 2 aromatic rings. The molecule has 1 aliphatic rings. The van der Waals surface area contributed by atoms with Gasteiger partial charge >= 0.3 is 6.18 Å². The van der Waals surface area contributed by atoms with Gasteiger partial charge in [0.2, 0.25) is 11.8 Å². The number of amides is 2. The number of imidazole rings is 1. The molecule has 6 nitrogen and oxygen atoms in total. The monoisotopic (exact) mass is 428 g/mol. The van der Waals surface area contributed by atoms with Gasteiger partial charge in [0.1, 0.15) is 0 Å². The van der Waals surface area contributed by atoms with Crippen LogP contribution in [-0.2, 0) is 22.3 Å². The second kappa shape index (κ2) is 8.64. The predicted octanol–water partition coefficient (Wildman–Crippen LogP) is 3.28. The molecule has 1 fully saturated rings. The molecule has 0 radical (unpaired) electrons. The topological polar surface area (TPSA) is 81.2 Å². The molecular formula is C19H23F3N4O2S. The maximum absolute atomic E-state index is 13.1. The molecule has 0 saturated carbocycles. The number of aromatic nitrogens is 2. The fourth-order valence-electron chi connectivity index (χ4n) is 3.48. The third kappa shape index (κ3) is 4.85. The number of aryl methyl sites for hydroxylation is 1. The van der Waals surface area contributed by atoms with Crippen LogP contribution in [0.15, 0.2) is 23.4 Å². The van der Waals surface area contributed by atoms with E-state index in [2.05, 4.69) is 4.98 Å². The van der Waals surface area contributed by atoms with Crippen molar-refractivity contribution in [2.24, 2.45) is 11.7 Å². The Kier molecular flexibility index (Phi) is 6.40. The van der Waals surface area contributed by atoms with E-state index in [-0.39, 0.29) is 17.6 Å². The number of benzene rings is 1. The standard InChI is InChI=1S/C19H23F3N4O2S/c1-2-7-26-15-9-13(19(20,21)22)5-6-14(15)24-18(26)29-11-16(27)25-8-3-4-12(10-25)17(23)28/h5-6,9,12H,2-4,7-8,10-11H2,1H3,(H2,23,28)/t12-/m1/s1. The van der Waals surface area contributed by atoms with Crippen molar-refractivity contribution in [2.45, 2.75) is 44.1 Å². The van der Waals surface area contributed by atoms with Crippen LogP contribution in [0, 0.1) is 5.92 Å². The number of thioether (sulfide) groups is 1. The van der Waals surface area contributed by atoms with E-state index >= 15 is 0 Å². The number of nitrogens with zero attached hydrogens (tertiary/aromatic N) is 3. The molecule has 10 heteroatoms. The lowest BCUT2D eigenvalue weighted by Crippen LogP contribution is -2.44. The summed E-state index contributed by atoms with van der Waals surface area (Å²) < 4.78 is 40.9. The lowest BCUT2D eigenvalue weighted by Gasteiger charge is -2.31. The van der Waals surface area contributed by atoms with E-state index < -0.39 is 17.6 Å². The summed E-state index contributed by atoms with van der Waals surface area (Å²) in [7, 11) is 0. The summed E-state index contributed by atoms with van der Waals surface area (Å²) in [5.41, 5.74) is 5.51. The third-order valence-electron chi connectivity index (χ3n) is 4.99.